The molecule has 0 spiro atoms. The Morgan fingerprint density at radius 3 is 2.41 bits per heavy atom. The number of urea groups is 1. The van der Waals surface area contributed by atoms with Crippen LogP contribution in [0.4, 0.5) is 4.79 Å². The highest BCUT2D eigenvalue weighted by Gasteiger charge is 2.52. The van der Waals surface area contributed by atoms with Crippen LogP contribution in [0.2, 0.25) is 0 Å². The Morgan fingerprint density at radius 2 is 2.06 bits per heavy atom. The third-order valence-electron chi connectivity index (χ3n) is 3.88. The zero-order chi connectivity index (χ0) is 12.5. The van der Waals surface area contributed by atoms with Crippen molar-refractivity contribution in [3.05, 3.63) is 0 Å². The van der Waals surface area contributed by atoms with Gasteiger partial charge in [0.2, 0.25) is 0 Å². The molecule has 2 amide bonds. The zero-order valence-corrected chi connectivity index (χ0v) is 10.2. The lowest BCUT2D eigenvalue weighted by molar-refractivity contribution is -0.140. The van der Waals surface area contributed by atoms with E-state index in [2.05, 4.69) is 5.32 Å². The molecule has 0 heterocycles. The number of carboxylic acid groups (broad SMARTS) is 1. The fourth-order valence-corrected chi connectivity index (χ4v) is 2.14. The molecule has 2 aliphatic carbocycles. The van der Waals surface area contributed by atoms with E-state index in [0.717, 1.165) is 6.54 Å². The molecule has 0 aromatic heterocycles. The Hall–Kier alpha value is -1.26. The van der Waals surface area contributed by atoms with Crippen molar-refractivity contribution >= 4 is 12.0 Å². The molecule has 2 fully saturated rings. The van der Waals surface area contributed by atoms with Crippen molar-refractivity contribution in [1.29, 1.82) is 0 Å². The summed E-state index contributed by atoms with van der Waals surface area (Å²) in [6.07, 6.45) is 4.73. The number of carboxylic acids is 1. The molecular weight excluding hydrogens is 220 g/mol. The standard InChI is InChI=1S/C12H20N2O3/c1-2-14(8-9-4-3-5-9)11(17)13-12(6-7-12)10(15)16/h9H,2-8H2,1H3,(H,13,17)(H,15,16). The summed E-state index contributed by atoms with van der Waals surface area (Å²) in [5.41, 5.74) is -0.968. The normalized spacial score (nSPS) is 21.5. The molecule has 2 saturated carbocycles. The Bertz CT molecular complexity index is 322. The lowest BCUT2D eigenvalue weighted by atomic mass is 9.85. The van der Waals surface area contributed by atoms with Gasteiger partial charge in [-0.2, -0.15) is 0 Å². The maximum atomic E-state index is 12.0. The van der Waals surface area contributed by atoms with Crippen LogP contribution in [0.1, 0.15) is 39.0 Å². The summed E-state index contributed by atoms with van der Waals surface area (Å²) in [6.45, 7) is 3.33. The Balaban J connectivity index is 1.86. The van der Waals surface area contributed by atoms with Crippen molar-refractivity contribution < 1.29 is 14.7 Å². The van der Waals surface area contributed by atoms with Gasteiger partial charge in [-0.1, -0.05) is 6.42 Å². The first-order valence-electron chi connectivity index (χ1n) is 6.38. The molecule has 0 aromatic rings. The molecule has 0 bridgehead atoms. The van der Waals surface area contributed by atoms with Crippen LogP contribution in [0.3, 0.4) is 0 Å². The van der Waals surface area contributed by atoms with Crippen LogP contribution in [0.5, 0.6) is 0 Å². The van der Waals surface area contributed by atoms with Crippen molar-refractivity contribution in [2.75, 3.05) is 13.1 Å². The molecule has 5 heteroatoms. The van der Waals surface area contributed by atoms with Crippen LogP contribution in [-0.2, 0) is 4.79 Å². The number of amides is 2. The lowest BCUT2D eigenvalue weighted by Crippen LogP contribution is -2.51. The predicted molar refractivity (Wildman–Crippen MR) is 62.7 cm³/mol. The van der Waals surface area contributed by atoms with Gasteiger partial charge in [0.1, 0.15) is 5.54 Å². The van der Waals surface area contributed by atoms with Gasteiger partial charge >= 0.3 is 12.0 Å². The second kappa shape index (κ2) is 4.55. The van der Waals surface area contributed by atoms with Crippen LogP contribution in [-0.4, -0.2) is 40.6 Å². The van der Waals surface area contributed by atoms with Gasteiger partial charge in [0.15, 0.2) is 0 Å². The number of aliphatic carboxylic acids is 1. The number of rotatable bonds is 5. The van der Waals surface area contributed by atoms with E-state index < -0.39 is 11.5 Å². The van der Waals surface area contributed by atoms with Crippen LogP contribution >= 0.6 is 0 Å². The van der Waals surface area contributed by atoms with Crippen LogP contribution in [0.25, 0.3) is 0 Å². The Morgan fingerprint density at radius 1 is 1.41 bits per heavy atom. The summed E-state index contributed by atoms with van der Waals surface area (Å²) in [7, 11) is 0. The molecule has 0 aliphatic heterocycles. The van der Waals surface area contributed by atoms with Crippen molar-refractivity contribution in [3.8, 4) is 0 Å². The van der Waals surface area contributed by atoms with E-state index in [4.69, 9.17) is 5.11 Å². The summed E-state index contributed by atoms with van der Waals surface area (Å²) in [6, 6.07) is -0.223. The van der Waals surface area contributed by atoms with E-state index in [1.165, 1.54) is 19.3 Å². The highest BCUT2D eigenvalue weighted by molar-refractivity contribution is 5.88. The van der Waals surface area contributed by atoms with Crippen LogP contribution in [0.15, 0.2) is 0 Å². The molecule has 17 heavy (non-hydrogen) atoms. The molecule has 96 valence electrons. The van der Waals surface area contributed by atoms with Crippen molar-refractivity contribution in [3.63, 3.8) is 0 Å². The molecule has 0 radical (unpaired) electrons. The topological polar surface area (TPSA) is 69.6 Å². The maximum Gasteiger partial charge on any atom is 0.329 e. The highest BCUT2D eigenvalue weighted by Crippen LogP contribution is 2.36. The van der Waals surface area contributed by atoms with Gasteiger partial charge in [0.05, 0.1) is 0 Å². The van der Waals surface area contributed by atoms with Gasteiger partial charge in [-0.05, 0) is 38.5 Å². The number of carbonyl (C=O) groups excluding carboxylic acids is 1. The molecule has 2 rings (SSSR count). The number of carbonyl (C=O) groups is 2. The molecule has 0 aromatic carbocycles. The minimum atomic E-state index is -0.968. The van der Waals surface area contributed by atoms with Crippen molar-refractivity contribution in [2.45, 2.75) is 44.6 Å². The summed E-state index contributed by atoms with van der Waals surface area (Å²) in [5.74, 6) is -0.300. The van der Waals surface area contributed by atoms with Gasteiger partial charge in [-0.15, -0.1) is 0 Å². The van der Waals surface area contributed by atoms with Gasteiger partial charge in [0, 0.05) is 13.1 Å². The summed E-state index contributed by atoms with van der Waals surface area (Å²) < 4.78 is 0. The molecule has 0 atom stereocenters. The number of hydrogen-bond acceptors (Lipinski definition) is 2. The van der Waals surface area contributed by atoms with Gasteiger partial charge in [-0.25, -0.2) is 9.59 Å². The number of nitrogens with one attached hydrogen (secondary N) is 1. The van der Waals surface area contributed by atoms with E-state index in [1.807, 2.05) is 6.92 Å². The highest BCUT2D eigenvalue weighted by atomic mass is 16.4. The van der Waals surface area contributed by atoms with E-state index in [9.17, 15) is 9.59 Å². The monoisotopic (exact) mass is 240 g/mol. The van der Waals surface area contributed by atoms with E-state index in [0.29, 0.717) is 25.3 Å². The fraction of sp³-hybridized carbons (Fsp3) is 0.833. The predicted octanol–water partition coefficient (Wildman–Crippen LogP) is 1.44. The Labute approximate surface area is 101 Å². The molecule has 5 nitrogen and oxygen atoms in total. The third-order valence-corrected chi connectivity index (χ3v) is 3.88. The van der Waals surface area contributed by atoms with E-state index >= 15 is 0 Å². The number of nitrogens with zero attached hydrogens (tertiary/aromatic N) is 1. The summed E-state index contributed by atoms with van der Waals surface area (Å²) in [4.78, 5) is 24.7. The first kappa shape index (κ1) is 12.2. The third kappa shape index (κ3) is 2.53. The zero-order valence-electron chi connectivity index (χ0n) is 10.2. The molecule has 2 aliphatic rings. The van der Waals surface area contributed by atoms with Gasteiger partial charge < -0.3 is 15.3 Å². The average molecular weight is 240 g/mol. The first-order valence-corrected chi connectivity index (χ1v) is 6.38. The molecule has 2 N–H and O–H groups in total. The number of hydrogen-bond donors (Lipinski definition) is 2. The molecule has 0 unspecified atom stereocenters. The maximum absolute atomic E-state index is 12.0. The summed E-state index contributed by atoms with van der Waals surface area (Å²) >= 11 is 0. The SMILES string of the molecule is CCN(CC1CCC1)C(=O)NC1(C(=O)O)CC1. The average Bonchev–Trinajstić information content (AvgIpc) is 2.97. The fourth-order valence-electron chi connectivity index (χ4n) is 2.14. The first-order chi connectivity index (χ1) is 8.07. The van der Waals surface area contributed by atoms with E-state index in [1.54, 1.807) is 4.90 Å². The smallest absolute Gasteiger partial charge is 0.329 e. The van der Waals surface area contributed by atoms with E-state index in [-0.39, 0.29) is 6.03 Å². The van der Waals surface area contributed by atoms with Gasteiger partial charge in [0.25, 0.3) is 0 Å². The largest absolute Gasteiger partial charge is 0.480 e. The van der Waals surface area contributed by atoms with Crippen molar-refractivity contribution in [2.24, 2.45) is 5.92 Å². The van der Waals surface area contributed by atoms with Crippen LogP contribution in [0, 0.1) is 5.92 Å². The quantitative estimate of drug-likeness (QED) is 0.764. The van der Waals surface area contributed by atoms with Crippen molar-refractivity contribution in [1.82, 2.24) is 10.2 Å². The molecular formula is C12H20N2O3. The molecule has 0 saturated heterocycles. The minimum absolute atomic E-state index is 0.223. The second-order valence-corrected chi connectivity index (χ2v) is 5.15. The summed E-state index contributed by atoms with van der Waals surface area (Å²) in [5, 5.41) is 11.7. The second-order valence-electron chi connectivity index (χ2n) is 5.15. The minimum Gasteiger partial charge on any atom is -0.480 e. The Kier molecular flexibility index (Phi) is 3.26. The van der Waals surface area contributed by atoms with Gasteiger partial charge in [-0.3, -0.25) is 0 Å². The lowest BCUT2D eigenvalue weighted by Gasteiger charge is -2.32. The van der Waals surface area contributed by atoms with Crippen LogP contribution < -0.4 is 5.32 Å².